The summed E-state index contributed by atoms with van der Waals surface area (Å²) in [5.41, 5.74) is 4.22. The zero-order valence-corrected chi connectivity index (χ0v) is 30.4. The minimum atomic E-state index is -0.795. The van der Waals surface area contributed by atoms with Gasteiger partial charge in [0, 0.05) is 62.2 Å². The second kappa shape index (κ2) is 14.3. The fraction of sp³-hybridized carbons (Fsp3) is 0.605. The van der Waals surface area contributed by atoms with E-state index in [9.17, 15) is 14.7 Å². The number of nitrogens with one attached hydrogen (secondary N) is 1. The maximum Gasteiger partial charge on any atom is 0.265 e. The molecule has 1 heterocycles. The van der Waals surface area contributed by atoms with Gasteiger partial charge in [-0.3, -0.25) is 14.4 Å². The molecule has 0 aromatic heterocycles. The largest absolute Gasteiger partial charge is 0.496 e. The van der Waals surface area contributed by atoms with E-state index in [2.05, 4.69) is 31.1 Å². The summed E-state index contributed by atoms with van der Waals surface area (Å²) in [4.78, 5) is 41.9. The Balaban J connectivity index is 1.48. The lowest BCUT2D eigenvalue weighted by Gasteiger charge is -2.61. The molecule has 3 aliphatic carbocycles. The van der Waals surface area contributed by atoms with E-state index >= 15 is 0 Å². The Kier molecular flexibility index (Phi) is 10.7. The van der Waals surface area contributed by atoms with Gasteiger partial charge in [-0.15, -0.1) is 0 Å². The van der Waals surface area contributed by atoms with Crippen molar-refractivity contribution in [1.29, 1.82) is 0 Å². The second-order valence-electron chi connectivity index (χ2n) is 15.2. The minimum absolute atomic E-state index is 0.179. The van der Waals surface area contributed by atoms with Crippen molar-refractivity contribution in [2.45, 2.75) is 65.3 Å². The van der Waals surface area contributed by atoms with Gasteiger partial charge >= 0.3 is 0 Å². The van der Waals surface area contributed by atoms with E-state index < -0.39 is 24.2 Å². The monoisotopic (exact) mass is 661 g/mol. The van der Waals surface area contributed by atoms with Gasteiger partial charge in [0.15, 0.2) is 0 Å². The third-order valence-electron chi connectivity index (χ3n) is 11.4. The van der Waals surface area contributed by atoms with Gasteiger partial charge in [-0.2, -0.15) is 5.06 Å². The molecule has 4 fully saturated rings. The number of carbonyl (C=O) groups is 2. The van der Waals surface area contributed by atoms with Crippen molar-refractivity contribution in [2.75, 3.05) is 53.8 Å². The zero-order valence-electron chi connectivity index (χ0n) is 30.4. The van der Waals surface area contributed by atoms with E-state index in [1.165, 1.54) is 6.42 Å². The van der Waals surface area contributed by atoms with Crippen molar-refractivity contribution in [3.8, 4) is 16.9 Å². The summed E-state index contributed by atoms with van der Waals surface area (Å²) in [5.74, 6) is 1.71. The zero-order chi connectivity index (χ0) is 35.1. The van der Waals surface area contributed by atoms with E-state index in [1.54, 1.807) is 26.1 Å². The standard InChI is InChI=1S/C38H55N5O5/c1-22-27(15-28-18-31(22)38(28,3)4)19-40-37(46)34-33(23(2)44)32(21-41(6)7)48-43(34)20-24-12-11-13-30(35(24)47-10)25-14-26(36(45)39-5)17-29(16-25)42(8)9/h11-14,16-17,19,22-23,27-28,31-34,44H,15,18,20-21H2,1-10H3,(H,39,45)/t22-,23+,27?,28+,31+,32+,33?,34+/m1/s1. The predicted octanol–water partition coefficient (Wildman–Crippen LogP) is 4.75. The predicted molar refractivity (Wildman–Crippen MR) is 190 cm³/mol. The summed E-state index contributed by atoms with van der Waals surface area (Å²) in [5, 5.41) is 15.5. The molecule has 2 bridgehead atoms. The van der Waals surface area contributed by atoms with Gasteiger partial charge in [0.25, 0.3) is 11.8 Å². The summed E-state index contributed by atoms with van der Waals surface area (Å²) in [6.45, 7) is 9.54. The normalized spacial score (nSPS) is 28.7. The van der Waals surface area contributed by atoms with E-state index in [0.29, 0.717) is 41.0 Å². The first-order chi connectivity index (χ1) is 22.7. The van der Waals surface area contributed by atoms with Crippen LogP contribution in [-0.4, -0.2) is 100 Å². The van der Waals surface area contributed by atoms with Gasteiger partial charge in [0.2, 0.25) is 0 Å². The number of anilines is 1. The van der Waals surface area contributed by atoms with Crippen molar-refractivity contribution >= 4 is 23.7 Å². The number of ether oxygens (including phenoxy) is 1. The molecule has 1 saturated heterocycles. The number of carbonyl (C=O) groups excluding carboxylic acids is 2. The fourth-order valence-electron chi connectivity index (χ4n) is 8.50. The number of hydrogen-bond acceptors (Lipinski definition) is 8. The smallest absolute Gasteiger partial charge is 0.265 e. The van der Waals surface area contributed by atoms with Gasteiger partial charge in [-0.05, 0) is 86.7 Å². The molecule has 4 aliphatic rings. The Bertz CT molecular complexity index is 1520. The number of aliphatic hydroxyl groups is 1. The van der Waals surface area contributed by atoms with Crippen LogP contribution in [0.3, 0.4) is 0 Å². The van der Waals surface area contributed by atoms with Gasteiger partial charge < -0.3 is 25.0 Å². The molecule has 48 heavy (non-hydrogen) atoms. The number of likely N-dealkylation sites (N-methyl/N-ethyl adjacent to an activating group) is 1. The highest BCUT2D eigenvalue weighted by Gasteiger charge is 2.56. The van der Waals surface area contributed by atoms with Crippen LogP contribution in [0.25, 0.3) is 11.1 Å². The summed E-state index contributed by atoms with van der Waals surface area (Å²) in [6.07, 6.45) is 3.00. The number of methoxy groups -OCH3 is 1. The number of hydroxylamine groups is 2. The quantitative estimate of drug-likeness (QED) is 0.333. The van der Waals surface area contributed by atoms with Gasteiger partial charge in [0.05, 0.1) is 25.9 Å². The molecule has 1 aliphatic heterocycles. The van der Waals surface area contributed by atoms with Crippen LogP contribution in [0.4, 0.5) is 5.69 Å². The number of para-hydroxylation sites is 1. The van der Waals surface area contributed by atoms with Crippen LogP contribution in [0.15, 0.2) is 41.4 Å². The highest BCUT2D eigenvalue weighted by molar-refractivity contribution is 5.97. The third-order valence-corrected chi connectivity index (χ3v) is 11.4. The van der Waals surface area contributed by atoms with Crippen molar-refractivity contribution in [3.63, 3.8) is 0 Å². The average molecular weight is 662 g/mol. The molecule has 2 unspecified atom stereocenters. The molecule has 262 valence electrons. The molecule has 2 amide bonds. The van der Waals surface area contributed by atoms with Crippen LogP contribution in [-0.2, 0) is 16.2 Å². The molecule has 2 aromatic carbocycles. The topological polar surface area (TPSA) is 107 Å². The molecule has 8 atom stereocenters. The van der Waals surface area contributed by atoms with Crippen molar-refractivity contribution in [3.05, 3.63) is 47.5 Å². The number of aliphatic imine (C=N–C) groups is 1. The molecule has 2 aromatic rings. The van der Waals surface area contributed by atoms with Crippen LogP contribution in [0.2, 0.25) is 0 Å². The van der Waals surface area contributed by atoms with Gasteiger partial charge in [0.1, 0.15) is 11.8 Å². The fourth-order valence-corrected chi connectivity index (χ4v) is 8.50. The van der Waals surface area contributed by atoms with Crippen molar-refractivity contribution < 1.29 is 24.3 Å². The first-order valence-corrected chi connectivity index (χ1v) is 17.2. The first kappa shape index (κ1) is 36.0. The lowest BCUT2D eigenvalue weighted by atomic mass is 9.43. The van der Waals surface area contributed by atoms with Crippen LogP contribution in [0.1, 0.15) is 56.5 Å². The number of rotatable bonds is 11. The van der Waals surface area contributed by atoms with Crippen LogP contribution >= 0.6 is 0 Å². The molecule has 10 heteroatoms. The Morgan fingerprint density at radius 1 is 1.19 bits per heavy atom. The Morgan fingerprint density at radius 3 is 2.50 bits per heavy atom. The van der Waals surface area contributed by atoms with Gasteiger partial charge in [-0.1, -0.05) is 39.0 Å². The van der Waals surface area contributed by atoms with E-state index in [0.717, 1.165) is 28.8 Å². The maximum absolute atomic E-state index is 14.1. The lowest BCUT2D eigenvalue weighted by molar-refractivity contribution is -0.176. The number of fused-ring (bicyclic) bond motifs is 2. The maximum atomic E-state index is 14.1. The molecular formula is C38H55N5O5. The Morgan fingerprint density at radius 2 is 1.92 bits per heavy atom. The lowest BCUT2D eigenvalue weighted by Crippen LogP contribution is -2.55. The third kappa shape index (κ3) is 6.90. The second-order valence-corrected chi connectivity index (χ2v) is 15.2. The number of aliphatic hydroxyl groups excluding tert-OH is 1. The first-order valence-electron chi connectivity index (χ1n) is 17.2. The SMILES string of the molecule is CNC(=O)c1cc(-c2cccc(CN3O[C@@H](CN(C)C)C([C@H](C)O)[C@H]3C(=O)N=CC3C[C@H]4C[C@@H]([C@@H]3C)C4(C)C)c2OC)cc(N(C)C)c1. The van der Waals surface area contributed by atoms with Crippen LogP contribution < -0.4 is 15.0 Å². The van der Waals surface area contributed by atoms with Crippen molar-refractivity contribution in [1.82, 2.24) is 15.3 Å². The molecule has 3 saturated carbocycles. The molecule has 6 rings (SSSR count). The average Bonchev–Trinajstić information content (AvgIpc) is 3.39. The summed E-state index contributed by atoms with van der Waals surface area (Å²) < 4.78 is 6.03. The highest BCUT2D eigenvalue weighted by Crippen LogP contribution is 2.62. The summed E-state index contributed by atoms with van der Waals surface area (Å²) in [6, 6.07) is 10.8. The van der Waals surface area contributed by atoms with Crippen LogP contribution in [0, 0.1) is 35.0 Å². The molecular weight excluding hydrogens is 606 g/mol. The highest BCUT2D eigenvalue weighted by atomic mass is 16.7. The number of amides is 2. The van der Waals surface area contributed by atoms with E-state index in [1.807, 2.05) is 80.6 Å². The molecule has 0 spiro atoms. The molecule has 2 N–H and O–H groups in total. The summed E-state index contributed by atoms with van der Waals surface area (Å²) in [7, 11) is 11.0. The van der Waals surface area contributed by atoms with E-state index in [4.69, 9.17) is 9.57 Å². The minimum Gasteiger partial charge on any atom is -0.496 e. The Labute approximate surface area is 286 Å². The Hall–Kier alpha value is -3.31. The van der Waals surface area contributed by atoms with Gasteiger partial charge in [-0.25, -0.2) is 4.99 Å². The molecule has 0 radical (unpaired) electrons. The number of nitrogens with zero attached hydrogens (tertiary/aromatic N) is 4. The van der Waals surface area contributed by atoms with E-state index in [-0.39, 0.29) is 24.3 Å². The number of benzene rings is 2. The van der Waals surface area contributed by atoms with Crippen molar-refractivity contribution in [2.24, 2.45) is 40.0 Å². The van der Waals surface area contributed by atoms with Crippen LogP contribution in [0.5, 0.6) is 5.75 Å². The summed E-state index contributed by atoms with van der Waals surface area (Å²) >= 11 is 0. The molecule has 10 nitrogen and oxygen atoms in total. The number of hydrogen-bond donors (Lipinski definition) is 2.